The summed E-state index contributed by atoms with van der Waals surface area (Å²) < 4.78 is 60.5. The van der Waals surface area contributed by atoms with E-state index in [1.54, 1.807) is 4.72 Å². The van der Waals surface area contributed by atoms with Crippen molar-refractivity contribution in [3.63, 3.8) is 0 Å². The summed E-state index contributed by atoms with van der Waals surface area (Å²) in [5, 5.41) is -0.193. The quantitative estimate of drug-likeness (QED) is 0.867. The van der Waals surface area contributed by atoms with E-state index in [4.69, 9.17) is 23.2 Å². The predicted octanol–water partition coefficient (Wildman–Crippen LogP) is 2.62. The molecule has 1 rings (SSSR count). The van der Waals surface area contributed by atoms with Crippen LogP contribution in [-0.2, 0) is 10.0 Å². The molecule has 1 N–H and O–H groups in total. The van der Waals surface area contributed by atoms with Gasteiger partial charge in [0, 0.05) is 12.7 Å². The van der Waals surface area contributed by atoms with Crippen LogP contribution in [0, 0.1) is 0 Å². The van der Waals surface area contributed by atoms with Gasteiger partial charge >= 0.3 is 6.18 Å². The van der Waals surface area contributed by atoms with Crippen LogP contribution in [0.2, 0.25) is 10.2 Å². The van der Waals surface area contributed by atoms with Gasteiger partial charge < -0.3 is 0 Å². The normalized spacial score (nSPS) is 12.7. The fourth-order valence-electron chi connectivity index (χ4n) is 0.961. The zero-order valence-corrected chi connectivity index (χ0v) is 11.0. The number of hydrogen-bond donors (Lipinski definition) is 1. The van der Waals surface area contributed by atoms with Crippen LogP contribution in [0.4, 0.5) is 13.2 Å². The minimum absolute atomic E-state index is 0.0918. The molecule has 102 valence electrons. The van der Waals surface area contributed by atoms with Crippen molar-refractivity contribution >= 4 is 33.2 Å². The van der Waals surface area contributed by atoms with Crippen LogP contribution in [0.25, 0.3) is 0 Å². The summed E-state index contributed by atoms with van der Waals surface area (Å²) in [5.74, 6) is 0. The standard InChI is InChI=1S/C8H7Cl2F3N2O2S/c9-6-3-5(4-14-7(6)10)18(16,17)15-2-1-8(11,12)13/h3-4,15H,1-2H2. The lowest BCUT2D eigenvalue weighted by atomic mass is 10.4. The molecule has 1 aromatic heterocycles. The highest BCUT2D eigenvalue weighted by atomic mass is 35.5. The van der Waals surface area contributed by atoms with Crippen molar-refractivity contribution in [2.24, 2.45) is 0 Å². The Morgan fingerprint density at radius 2 is 1.94 bits per heavy atom. The average molecular weight is 323 g/mol. The summed E-state index contributed by atoms with van der Waals surface area (Å²) in [6.45, 7) is -0.758. The maximum Gasteiger partial charge on any atom is 0.390 e. The highest BCUT2D eigenvalue weighted by Gasteiger charge is 2.27. The number of alkyl halides is 3. The number of pyridine rings is 1. The van der Waals surface area contributed by atoms with Crippen molar-refractivity contribution in [1.82, 2.24) is 9.71 Å². The first kappa shape index (κ1) is 15.5. The van der Waals surface area contributed by atoms with Crippen molar-refractivity contribution in [3.8, 4) is 0 Å². The second-order valence-corrected chi connectivity index (χ2v) is 5.74. The van der Waals surface area contributed by atoms with Gasteiger partial charge in [-0.3, -0.25) is 0 Å². The van der Waals surface area contributed by atoms with E-state index in [1.165, 1.54) is 0 Å². The lowest BCUT2D eigenvalue weighted by Crippen LogP contribution is -2.28. The Bertz CT molecular complexity index is 534. The lowest BCUT2D eigenvalue weighted by Gasteiger charge is -2.08. The van der Waals surface area contributed by atoms with Gasteiger partial charge in [-0.2, -0.15) is 13.2 Å². The first-order valence-electron chi connectivity index (χ1n) is 4.49. The summed E-state index contributed by atoms with van der Waals surface area (Å²) >= 11 is 11.0. The van der Waals surface area contributed by atoms with Gasteiger partial charge in [0.25, 0.3) is 0 Å². The minimum Gasteiger partial charge on any atom is -0.242 e. The van der Waals surface area contributed by atoms with Crippen molar-refractivity contribution in [3.05, 3.63) is 22.4 Å². The second-order valence-electron chi connectivity index (χ2n) is 3.21. The predicted molar refractivity (Wildman–Crippen MR) is 60.1 cm³/mol. The summed E-state index contributed by atoms with van der Waals surface area (Å²) in [5.41, 5.74) is 0. The van der Waals surface area contributed by atoms with Crippen LogP contribution in [0.15, 0.2) is 17.2 Å². The third kappa shape index (κ3) is 4.60. The van der Waals surface area contributed by atoms with Crippen LogP contribution < -0.4 is 4.72 Å². The molecule has 10 heteroatoms. The Labute approximate surface area is 111 Å². The summed E-state index contributed by atoms with van der Waals surface area (Å²) in [4.78, 5) is 3.15. The molecule has 0 aromatic carbocycles. The van der Waals surface area contributed by atoms with Gasteiger partial charge in [0.1, 0.15) is 10.0 Å². The molecule has 1 aromatic rings. The monoisotopic (exact) mass is 322 g/mol. The Morgan fingerprint density at radius 3 is 2.44 bits per heavy atom. The Kier molecular flexibility index (Phi) is 4.82. The molecule has 18 heavy (non-hydrogen) atoms. The molecule has 0 unspecified atom stereocenters. The second kappa shape index (κ2) is 5.60. The number of aromatic nitrogens is 1. The van der Waals surface area contributed by atoms with Crippen molar-refractivity contribution in [1.29, 1.82) is 0 Å². The van der Waals surface area contributed by atoms with Crippen LogP contribution in [0.5, 0.6) is 0 Å². The molecule has 0 aliphatic rings. The molecule has 0 spiro atoms. The smallest absolute Gasteiger partial charge is 0.242 e. The molecule has 1 heterocycles. The van der Waals surface area contributed by atoms with E-state index >= 15 is 0 Å². The van der Waals surface area contributed by atoms with Gasteiger partial charge in [0.15, 0.2) is 0 Å². The van der Waals surface area contributed by atoms with Gasteiger partial charge in [-0.1, -0.05) is 23.2 Å². The van der Waals surface area contributed by atoms with Gasteiger partial charge in [-0.25, -0.2) is 18.1 Å². The highest BCUT2D eigenvalue weighted by Crippen LogP contribution is 2.22. The molecule has 0 saturated carbocycles. The number of nitrogens with one attached hydrogen (secondary N) is 1. The first-order chi connectivity index (χ1) is 8.12. The molecule has 0 fully saturated rings. The number of rotatable bonds is 4. The maximum atomic E-state index is 11.9. The van der Waals surface area contributed by atoms with E-state index < -0.39 is 29.2 Å². The Balaban J connectivity index is 2.77. The molecular weight excluding hydrogens is 316 g/mol. The molecule has 0 saturated heterocycles. The molecule has 0 aliphatic heterocycles. The van der Waals surface area contributed by atoms with E-state index in [0.29, 0.717) is 0 Å². The molecule has 0 radical (unpaired) electrons. The number of halogens is 5. The van der Waals surface area contributed by atoms with E-state index in [1.807, 2.05) is 0 Å². The third-order valence-corrected chi connectivity index (χ3v) is 3.90. The SMILES string of the molecule is O=S(=O)(NCCC(F)(F)F)c1cnc(Cl)c(Cl)c1. The fourth-order valence-corrected chi connectivity index (χ4v) is 2.30. The van der Waals surface area contributed by atoms with E-state index in [2.05, 4.69) is 4.98 Å². The molecule has 0 aliphatic carbocycles. The zero-order valence-electron chi connectivity index (χ0n) is 8.63. The van der Waals surface area contributed by atoms with Crippen LogP contribution >= 0.6 is 23.2 Å². The number of hydrogen-bond acceptors (Lipinski definition) is 3. The summed E-state index contributed by atoms with van der Waals surface area (Å²) in [7, 11) is -4.08. The van der Waals surface area contributed by atoms with Gasteiger partial charge in [0.2, 0.25) is 10.0 Å². The molecule has 0 amide bonds. The molecule has 0 atom stereocenters. The fraction of sp³-hybridized carbons (Fsp3) is 0.375. The first-order valence-corrected chi connectivity index (χ1v) is 6.73. The van der Waals surface area contributed by atoms with Gasteiger partial charge in [-0.05, 0) is 6.07 Å². The van der Waals surface area contributed by atoms with Crippen molar-refractivity contribution in [2.45, 2.75) is 17.5 Å². The van der Waals surface area contributed by atoms with Crippen molar-refractivity contribution < 1.29 is 21.6 Å². The van der Waals surface area contributed by atoms with E-state index in [9.17, 15) is 21.6 Å². The molecule has 0 bridgehead atoms. The summed E-state index contributed by atoms with van der Waals surface area (Å²) in [6, 6.07) is 1.01. The molecule has 4 nitrogen and oxygen atoms in total. The topological polar surface area (TPSA) is 59.1 Å². The van der Waals surface area contributed by atoms with Crippen molar-refractivity contribution in [2.75, 3.05) is 6.54 Å². The minimum atomic E-state index is -4.43. The number of sulfonamides is 1. The third-order valence-electron chi connectivity index (χ3n) is 1.78. The largest absolute Gasteiger partial charge is 0.390 e. The Hall–Kier alpha value is -0.570. The average Bonchev–Trinajstić information content (AvgIpc) is 2.19. The van der Waals surface area contributed by atoms with E-state index in [-0.39, 0.29) is 15.1 Å². The van der Waals surface area contributed by atoms with Crippen LogP contribution in [0.1, 0.15) is 6.42 Å². The Morgan fingerprint density at radius 1 is 1.33 bits per heavy atom. The summed E-state index contributed by atoms with van der Waals surface area (Å²) in [6.07, 6.45) is -4.79. The molecular formula is C8H7Cl2F3N2O2S. The number of nitrogens with zero attached hydrogens (tertiary/aromatic N) is 1. The van der Waals surface area contributed by atoms with Gasteiger partial charge in [0.05, 0.1) is 11.4 Å². The van der Waals surface area contributed by atoms with Gasteiger partial charge in [-0.15, -0.1) is 0 Å². The zero-order chi connectivity index (χ0) is 14.0. The van der Waals surface area contributed by atoms with Crippen LogP contribution in [-0.4, -0.2) is 26.1 Å². The van der Waals surface area contributed by atoms with Crippen LogP contribution in [0.3, 0.4) is 0 Å². The lowest BCUT2D eigenvalue weighted by molar-refractivity contribution is -0.132. The maximum absolute atomic E-state index is 11.9. The van der Waals surface area contributed by atoms with E-state index in [0.717, 1.165) is 12.3 Å². The highest BCUT2D eigenvalue weighted by molar-refractivity contribution is 7.89.